The molecule has 0 fully saturated rings. The molecule has 96 valence electrons. The highest BCUT2D eigenvalue weighted by Crippen LogP contribution is 2.22. The van der Waals surface area contributed by atoms with E-state index < -0.39 is 11.6 Å². The predicted octanol–water partition coefficient (Wildman–Crippen LogP) is 2.42. The second kappa shape index (κ2) is 5.53. The molecule has 1 N–H and O–H groups in total. The number of nitrogens with one attached hydrogen (secondary N) is 1. The van der Waals surface area contributed by atoms with Gasteiger partial charge in [-0.3, -0.25) is 0 Å². The molecule has 0 aliphatic rings. The summed E-state index contributed by atoms with van der Waals surface area (Å²) in [5.41, 5.74) is 0.700. The first kappa shape index (κ1) is 13.1. The van der Waals surface area contributed by atoms with Crippen molar-refractivity contribution in [3.63, 3.8) is 0 Å². The third-order valence-corrected chi connectivity index (χ3v) is 2.94. The van der Waals surface area contributed by atoms with E-state index in [0.717, 1.165) is 18.7 Å². The molecule has 7 heteroatoms. The Labute approximate surface area is 111 Å². The summed E-state index contributed by atoms with van der Waals surface area (Å²) >= 11 is 2.92. The molecular formula is C11H11BrF2N4. The van der Waals surface area contributed by atoms with E-state index in [4.69, 9.17) is 0 Å². The van der Waals surface area contributed by atoms with E-state index in [2.05, 4.69) is 31.6 Å². The first-order chi connectivity index (χ1) is 8.61. The van der Waals surface area contributed by atoms with Crippen LogP contribution in [0, 0.1) is 11.6 Å². The molecule has 0 amide bonds. The van der Waals surface area contributed by atoms with Gasteiger partial charge in [-0.05, 0) is 28.5 Å². The number of hydrogen-bond acceptors (Lipinski definition) is 3. The lowest BCUT2D eigenvalue weighted by atomic mass is 10.3. The Morgan fingerprint density at radius 3 is 2.83 bits per heavy atom. The lowest BCUT2D eigenvalue weighted by molar-refractivity contribution is 0.579. The van der Waals surface area contributed by atoms with E-state index in [0.29, 0.717) is 12.2 Å². The molecule has 1 heterocycles. The van der Waals surface area contributed by atoms with E-state index in [9.17, 15) is 8.78 Å². The molecular weight excluding hydrogens is 306 g/mol. The van der Waals surface area contributed by atoms with Crippen LogP contribution >= 0.6 is 15.9 Å². The summed E-state index contributed by atoms with van der Waals surface area (Å²) in [6.45, 7) is 3.31. The zero-order chi connectivity index (χ0) is 13.1. The molecule has 0 bridgehead atoms. The summed E-state index contributed by atoms with van der Waals surface area (Å²) in [4.78, 5) is 0. The average molecular weight is 317 g/mol. The number of aromatic nitrogens is 3. The Hall–Kier alpha value is -1.34. The number of benzene rings is 1. The molecule has 0 saturated carbocycles. The summed E-state index contributed by atoms with van der Waals surface area (Å²) in [6.07, 6.45) is 1.56. The molecule has 1 aromatic heterocycles. The summed E-state index contributed by atoms with van der Waals surface area (Å²) in [7, 11) is 0. The maximum absolute atomic E-state index is 13.7. The van der Waals surface area contributed by atoms with Gasteiger partial charge in [-0.25, -0.2) is 13.5 Å². The first-order valence-electron chi connectivity index (χ1n) is 5.38. The summed E-state index contributed by atoms with van der Waals surface area (Å²) < 4.78 is 28.3. The topological polar surface area (TPSA) is 42.7 Å². The molecule has 1 aromatic carbocycles. The highest BCUT2D eigenvalue weighted by atomic mass is 79.9. The van der Waals surface area contributed by atoms with Crippen LogP contribution in [0.2, 0.25) is 0 Å². The predicted molar refractivity (Wildman–Crippen MR) is 66.4 cm³/mol. The molecule has 2 aromatic rings. The quantitative estimate of drug-likeness (QED) is 0.881. The molecule has 0 radical (unpaired) electrons. The van der Waals surface area contributed by atoms with Gasteiger partial charge in [-0.15, -0.1) is 5.10 Å². The average Bonchev–Trinajstić information content (AvgIpc) is 2.79. The van der Waals surface area contributed by atoms with Crippen molar-refractivity contribution in [1.29, 1.82) is 0 Å². The molecule has 4 nitrogen and oxygen atoms in total. The van der Waals surface area contributed by atoms with E-state index in [1.807, 2.05) is 6.92 Å². The minimum atomic E-state index is -0.567. The van der Waals surface area contributed by atoms with Crippen LogP contribution in [0.3, 0.4) is 0 Å². The van der Waals surface area contributed by atoms with Crippen LogP contribution in [0.5, 0.6) is 0 Å². The Morgan fingerprint density at radius 2 is 2.11 bits per heavy atom. The molecule has 2 rings (SSSR count). The second-order valence-corrected chi connectivity index (χ2v) is 4.51. The fourth-order valence-electron chi connectivity index (χ4n) is 1.44. The van der Waals surface area contributed by atoms with Gasteiger partial charge in [-0.1, -0.05) is 12.1 Å². The number of rotatable bonds is 4. The molecule has 18 heavy (non-hydrogen) atoms. The Balaban J connectivity index is 2.31. The number of nitrogens with zero attached hydrogens (tertiary/aromatic N) is 3. The zero-order valence-electron chi connectivity index (χ0n) is 9.62. The molecule has 0 spiro atoms. The van der Waals surface area contributed by atoms with Crippen LogP contribution in [-0.2, 0) is 6.54 Å². The molecule has 0 unspecified atom stereocenters. The van der Waals surface area contributed by atoms with Crippen molar-refractivity contribution in [2.45, 2.75) is 13.5 Å². The van der Waals surface area contributed by atoms with Crippen LogP contribution in [0.25, 0.3) is 5.69 Å². The van der Waals surface area contributed by atoms with Crippen LogP contribution in [0.4, 0.5) is 8.78 Å². The van der Waals surface area contributed by atoms with Crippen molar-refractivity contribution in [2.75, 3.05) is 6.54 Å². The van der Waals surface area contributed by atoms with Gasteiger partial charge in [0.25, 0.3) is 0 Å². The lowest BCUT2D eigenvalue weighted by Crippen LogP contribution is -2.11. The first-order valence-corrected chi connectivity index (χ1v) is 6.18. The van der Waals surface area contributed by atoms with Gasteiger partial charge in [0.2, 0.25) is 0 Å². The molecule has 0 aliphatic heterocycles. The minimum Gasteiger partial charge on any atom is -0.311 e. The summed E-state index contributed by atoms with van der Waals surface area (Å²) in [6, 6.07) is 2.14. The van der Waals surface area contributed by atoms with E-state index >= 15 is 0 Å². The minimum absolute atomic E-state index is 0.0333. The van der Waals surface area contributed by atoms with E-state index in [1.165, 1.54) is 4.68 Å². The second-order valence-electron chi connectivity index (χ2n) is 3.65. The van der Waals surface area contributed by atoms with Crippen molar-refractivity contribution in [3.8, 4) is 5.69 Å². The van der Waals surface area contributed by atoms with Crippen LogP contribution in [0.1, 0.15) is 12.6 Å². The fourth-order valence-corrected chi connectivity index (χ4v) is 1.75. The van der Waals surface area contributed by atoms with Gasteiger partial charge in [0.05, 0.1) is 16.4 Å². The molecule has 0 atom stereocenters. The van der Waals surface area contributed by atoms with Crippen molar-refractivity contribution >= 4 is 15.9 Å². The Morgan fingerprint density at radius 1 is 1.33 bits per heavy atom. The molecule has 0 saturated heterocycles. The van der Waals surface area contributed by atoms with Crippen molar-refractivity contribution in [3.05, 3.63) is 40.1 Å². The number of hydrogen-bond donors (Lipinski definition) is 1. The summed E-state index contributed by atoms with van der Waals surface area (Å²) in [5, 5.41) is 10.7. The van der Waals surface area contributed by atoms with Crippen LogP contribution in [-0.4, -0.2) is 21.5 Å². The SMILES string of the molecule is CCNCc1cn(-c2cc(F)c(Br)cc2F)nn1. The van der Waals surface area contributed by atoms with Gasteiger partial charge >= 0.3 is 0 Å². The third-order valence-electron chi connectivity index (χ3n) is 2.33. The van der Waals surface area contributed by atoms with Crippen molar-refractivity contribution < 1.29 is 8.78 Å². The fraction of sp³-hybridized carbons (Fsp3) is 0.273. The van der Waals surface area contributed by atoms with Gasteiger partial charge in [0.15, 0.2) is 0 Å². The van der Waals surface area contributed by atoms with Crippen molar-refractivity contribution in [2.24, 2.45) is 0 Å². The summed E-state index contributed by atoms with van der Waals surface area (Å²) in [5.74, 6) is -1.11. The van der Waals surface area contributed by atoms with Gasteiger partial charge < -0.3 is 5.32 Å². The highest BCUT2D eigenvalue weighted by Gasteiger charge is 2.11. The highest BCUT2D eigenvalue weighted by molar-refractivity contribution is 9.10. The lowest BCUT2D eigenvalue weighted by Gasteiger charge is -2.03. The van der Waals surface area contributed by atoms with Gasteiger partial charge in [-0.2, -0.15) is 0 Å². The van der Waals surface area contributed by atoms with Crippen molar-refractivity contribution in [1.82, 2.24) is 20.3 Å². The van der Waals surface area contributed by atoms with Crippen LogP contribution < -0.4 is 5.32 Å². The monoisotopic (exact) mass is 316 g/mol. The number of halogens is 3. The standard InChI is InChI=1S/C11H11BrF2N4/c1-2-15-5-7-6-18(17-16-7)11-4-9(13)8(12)3-10(11)14/h3-4,6,15H,2,5H2,1H3. The maximum Gasteiger partial charge on any atom is 0.150 e. The maximum atomic E-state index is 13.7. The third kappa shape index (κ3) is 2.73. The van der Waals surface area contributed by atoms with E-state index in [1.54, 1.807) is 6.20 Å². The van der Waals surface area contributed by atoms with Gasteiger partial charge in [0, 0.05) is 12.6 Å². The molecule has 0 aliphatic carbocycles. The van der Waals surface area contributed by atoms with Crippen LogP contribution in [0.15, 0.2) is 22.8 Å². The van der Waals surface area contributed by atoms with E-state index in [-0.39, 0.29) is 10.2 Å². The smallest absolute Gasteiger partial charge is 0.150 e. The van der Waals surface area contributed by atoms with Gasteiger partial charge in [0.1, 0.15) is 17.3 Å². The zero-order valence-corrected chi connectivity index (χ0v) is 11.2. The Bertz CT molecular complexity index is 556. The largest absolute Gasteiger partial charge is 0.311 e. The Kier molecular flexibility index (Phi) is 4.03. The normalized spacial score (nSPS) is 10.9.